The molecule has 2 atom stereocenters. The summed E-state index contributed by atoms with van der Waals surface area (Å²) in [6.45, 7) is 6.00. The first-order chi connectivity index (χ1) is 14.6. The van der Waals surface area contributed by atoms with Gasteiger partial charge in [0.25, 0.3) is 5.91 Å². The van der Waals surface area contributed by atoms with E-state index in [1.54, 1.807) is 7.05 Å². The molecule has 2 unspecified atom stereocenters. The van der Waals surface area contributed by atoms with Crippen LogP contribution in [0.5, 0.6) is 0 Å². The number of hydrogen-bond acceptors (Lipinski definition) is 7. The lowest BCUT2D eigenvalue weighted by atomic mass is 10.1. The molecule has 3 amide bonds. The maximum atomic E-state index is 12.5. The lowest BCUT2D eigenvalue weighted by Gasteiger charge is -2.38. The predicted molar refractivity (Wildman–Crippen MR) is 113 cm³/mol. The van der Waals surface area contributed by atoms with Crippen molar-refractivity contribution in [3.05, 3.63) is 35.9 Å². The van der Waals surface area contributed by atoms with Gasteiger partial charge in [0.05, 0.1) is 6.54 Å². The summed E-state index contributed by atoms with van der Waals surface area (Å²) in [5.74, 6) is 0.513. The van der Waals surface area contributed by atoms with Gasteiger partial charge in [-0.3, -0.25) is 19.9 Å². The van der Waals surface area contributed by atoms with E-state index in [1.165, 1.54) is 10.5 Å². The maximum absolute atomic E-state index is 12.5. The second kappa shape index (κ2) is 9.11. The van der Waals surface area contributed by atoms with Crippen molar-refractivity contribution >= 4 is 17.8 Å². The zero-order chi connectivity index (χ0) is 21.1. The first-order valence-corrected chi connectivity index (χ1v) is 10.6. The van der Waals surface area contributed by atoms with Gasteiger partial charge in [-0.05, 0) is 12.0 Å². The summed E-state index contributed by atoms with van der Waals surface area (Å²) >= 11 is 0. The second-order valence-corrected chi connectivity index (χ2v) is 8.12. The van der Waals surface area contributed by atoms with Crippen molar-refractivity contribution in [3.63, 3.8) is 0 Å². The van der Waals surface area contributed by atoms with Gasteiger partial charge in [0.2, 0.25) is 0 Å². The molecule has 2 saturated heterocycles. The van der Waals surface area contributed by atoms with Gasteiger partial charge in [0.15, 0.2) is 12.2 Å². The third kappa shape index (κ3) is 4.33. The van der Waals surface area contributed by atoms with E-state index in [-0.39, 0.29) is 12.5 Å². The van der Waals surface area contributed by atoms with Gasteiger partial charge in [-0.15, -0.1) is 0 Å². The Balaban J connectivity index is 1.39. The summed E-state index contributed by atoms with van der Waals surface area (Å²) in [7, 11) is 1.67. The van der Waals surface area contributed by atoms with E-state index in [9.17, 15) is 14.7 Å². The summed E-state index contributed by atoms with van der Waals surface area (Å²) in [6.07, 6.45) is 0.0530. The van der Waals surface area contributed by atoms with Crippen LogP contribution in [0, 0.1) is 0 Å². The molecular weight excluding hydrogens is 384 g/mol. The lowest BCUT2D eigenvalue weighted by molar-refractivity contribution is -0.127. The second-order valence-electron chi connectivity index (χ2n) is 8.12. The van der Waals surface area contributed by atoms with Crippen molar-refractivity contribution < 1.29 is 14.7 Å². The Kier molecular flexibility index (Phi) is 6.31. The molecule has 3 aliphatic rings. The van der Waals surface area contributed by atoms with Gasteiger partial charge in [-0.25, -0.2) is 9.79 Å². The minimum Gasteiger partial charge on any atom is -0.396 e. The number of carbonyl (C=O) groups is 2. The highest BCUT2D eigenvalue weighted by atomic mass is 16.3. The highest BCUT2D eigenvalue weighted by Gasteiger charge is 2.48. The minimum absolute atomic E-state index is 0.0513. The van der Waals surface area contributed by atoms with Gasteiger partial charge >= 0.3 is 6.03 Å². The number of benzene rings is 1. The summed E-state index contributed by atoms with van der Waals surface area (Å²) in [6, 6.07) is 9.56. The van der Waals surface area contributed by atoms with E-state index in [4.69, 9.17) is 4.99 Å². The highest BCUT2D eigenvalue weighted by molar-refractivity contribution is 6.04. The number of fused-ring (bicyclic) bond motifs is 1. The topological polar surface area (TPSA) is 91.7 Å². The molecule has 0 radical (unpaired) electrons. The van der Waals surface area contributed by atoms with Crippen LogP contribution in [0.2, 0.25) is 0 Å². The average Bonchev–Trinajstić information content (AvgIpc) is 3.11. The van der Waals surface area contributed by atoms with Crippen LogP contribution in [0.15, 0.2) is 35.3 Å². The standard InChI is InChI=1S/C21H30N6O3/c1-24-19-18(20(29)23-21(24)30)27(8-5-13-28)17(22-19)15-26-11-9-25(10-12-26)14-16-6-3-2-4-7-16/h2-4,6-7,18-19,28H,5,8-15H2,1H3,(H,23,29,30). The molecule has 2 N–H and O–H groups in total. The van der Waals surface area contributed by atoms with E-state index in [2.05, 4.69) is 39.4 Å². The third-order valence-electron chi connectivity index (χ3n) is 6.08. The Morgan fingerprint density at radius 1 is 1.07 bits per heavy atom. The highest BCUT2D eigenvalue weighted by Crippen LogP contribution is 2.25. The Morgan fingerprint density at radius 2 is 1.73 bits per heavy atom. The van der Waals surface area contributed by atoms with Crippen molar-refractivity contribution in [2.24, 2.45) is 4.99 Å². The number of aliphatic hydroxyl groups excluding tert-OH is 1. The van der Waals surface area contributed by atoms with Crippen LogP contribution in [0.3, 0.4) is 0 Å². The fourth-order valence-corrected chi connectivity index (χ4v) is 4.37. The molecule has 30 heavy (non-hydrogen) atoms. The molecule has 9 heteroatoms. The summed E-state index contributed by atoms with van der Waals surface area (Å²) in [4.78, 5) is 37.5. The van der Waals surface area contributed by atoms with Crippen LogP contribution in [0.4, 0.5) is 4.79 Å². The number of likely N-dealkylation sites (N-methyl/N-ethyl adjacent to an activating group) is 1. The van der Waals surface area contributed by atoms with Gasteiger partial charge in [0, 0.05) is 52.9 Å². The molecular formula is C21H30N6O3. The van der Waals surface area contributed by atoms with Crippen LogP contribution >= 0.6 is 0 Å². The Morgan fingerprint density at radius 3 is 2.40 bits per heavy atom. The zero-order valence-corrected chi connectivity index (χ0v) is 17.4. The smallest absolute Gasteiger partial charge is 0.325 e. The number of carbonyl (C=O) groups excluding carboxylic acids is 2. The number of imide groups is 1. The van der Waals surface area contributed by atoms with E-state index >= 15 is 0 Å². The number of amides is 3. The first kappa shape index (κ1) is 20.8. The van der Waals surface area contributed by atoms with Crippen molar-refractivity contribution in [3.8, 4) is 0 Å². The van der Waals surface area contributed by atoms with Crippen LogP contribution in [0.25, 0.3) is 0 Å². The number of amidine groups is 1. The predicted octanol–water partition coefficient (Wildman–Crippen LogP) is -0.223. The van der Waals surface area contributed by atoms with Crippen molar-refractivity contribution in [2.45, 2.75) is 25.2 Å². The molecule has 0 saturated carbocycles. The van der Waals surface area contributed by atoms with Crippen molar-refractivity contribution in [2.75, 3.05) is 52.9 Å². The zero-order valence-electron chi connectivity index (χ0n) is 17.4. The minimum atomic E-state index is -0.520. The SMILES string of the molecule is CN1C(=O)NC(=O)C2C1N=C(CN1CCN(Cc3ccccc3)CC1)N2CCCO. The number of nitrogens with zero attached hydrogens (tertiary/aromatic N) is 5. The number of piperazine rings is 1. The number of aliphatic imine (C=N–C) groups is 1. The van der Waals surface area contributed by atoms with Gasteiger partial charge in [-0.1, -0.05) is 30.3 Å². The van der Waals surface area contributed by atoms with E-state index in [1.807, 2.05) is 11.0 Å². The third-order valence-corrected chi connectivity index (χ3v) is 6.08. The molecule has 1 aromatic carbocycles. The van der Waals surface area contributed by atoms with Crippen LogP contribution in [-0.4, -0.2) is 108 Å². The largest absolute Gasteiger partial charge is 0.396 e. The van der Waals surface area contributed by atoms with Gasteiger partial charge < -0.3 is 14.9 Å². The van der Waals surface area contributed by atoms with Crippen molar-refractivity contribution in [1.29, 1.82) is 0 Å². The first-order valence-electron chi connectivity index (χ1n) is 10.6. The molecule has 0 spiro atoms. The molecule has 9 nitrogen and oxygen atoms in total. The summed E-state index contributed by atoms with van der Waals surface area (Å²) in [5, 5.41) is 11.7. The molecule has 0 bridgehead atoms. The molecule has 3 heterocycles. The van der Waals surface area contributed by atoms with E-state index in [0.717, 1.165) is 38.6 Å². The fraction of sp³-hybridized carbons (Fsp3) is 0.571. The Labute approximate surface area is 176 Å². The normalized spacial score (nSPS) is 25.3. The lowest BCUT2D eigenvalue weighted by Crippen LogP contribution is -2.64. The maximum Gasteiger partial charge on any atom is 0.325 e. The molecule has 4 rings (SSSR count). The fourth-order valence-electron chi connectivity index (χ4n) is 4.37. The quantitative estimate of drug-likeness (QED) is 0.641. The molecule has 2 fully saturated rings. The number of aliphatic hydroxyl groups is 1. The Hall–Kier alpha value is -2.49. The summed E-state index contributed by atoms with van der Waals surface area (Å²) in [5.41, 5.74) is 1.32. The average molecular weight is 415 g/mol. The molecule has 1 aromatic rings. The van der Waals surface area contributed by atoms with Crippen LogP contribution in [0.1, 0.15) is 12.0 Å². The molecule has 0 aromatic heterocycles. The number of nitrogens with one attached hydrogen (secondary N) is 1. The van der Waals surface area contributed by atoms with E-state index < -0.39 is 18.2 Å². The molecule has 0 aliphatic carbocycles. The number of urea groups is 1. The summed E-state index contributed by atoms with van der Waals surface area (Å²) < 4.78 is 0. The van der Waals surface area contributed by atoms with Crippen LogP contribution in [-0.2, 0) is 11.3 Å². The Bertz CT molecular complexity index is 793. The monoisotopic (exact) mass is 414 g/mol. The van der Waals surface area contributed by atoms with Crippen molar-refractivity contribution in [1.82, 2.24) is 24.9 Å². The van der Waals surface area contributed by atoms with Gasteiger partial charge in [0.1, 0.15) is 5.84 Å². The van der Waals surface area contributed by atoms with Crippen LogP contribution < -0.4 is 5.32 Å². The molecule has 162 valence electrons. The molecule has 3 aliphatic heterocycles. The van der Waals surface area contributed by atoms with E-state index in [0.29, 0.717) is 19.5 Å². The number of rotatable bonds is 7. The number of hydrogen-bond donors (Lipinski definition) is 2. The van der Waals surface area contributed by atoms with Gasteiger partial charge in [-0.2, -0.15) is 0 Å².